The van der Waals surface area contributed by atoms with E-state index in [1.54, 1.807) is 12.1 Å². The topological polar surface area (TPSA) is 56.8 Å². The van der Waals surface area contributed by atoms with E-state index in [1.807, 2.05) is 12.1 Å². The Balaban J connectivity index is 2.38. The van der Waals surface area contributed by atoms with E-state index < -0.39 is 0 Å². The van der Waals surface area contributed by atoms with Gasteiger partial charge in [-0.2, -0.15) is 10.5 Å². The molecule has 0 aromatic heterocycles. The average Bonchev–Trinajstić information content (AvgIpc) is 2.41. The summed E-state index contributed by atoms with van der Waals surface area (Å²) in [6.07, 6.45) is 0. The molecule has 0 unspecified atom stereocenters. The van der Waals surface area contributed by atoms with Gasteiger partial charge in [-0.05, 0) is 36.4 Å². The minimum atomic E-state index is -0.367. The summed E-state index contributed by atoms with van der Waals surface area (Å²) in [6, 6.07) is 14.0. The number of nitrogens with zero attached hydrogens (tertiary/aromatic N) is 2. The lowest BCUT2D eigenvalue weighted by atomic mass is 10.1. The van der Waals surface area contributed by atoms with Crippen molar-refractivity contribution >= 4 is 0 Å². The summed E-state index contributed by atoms with van der Waals surface area (Å²) in [7, 11) is 0. The fourth-order valence-electron chi connectivity index (χ4n) is 1.45. The molecule has 2 aromatic rings. The third kappa shape index (κ3) is 2.28. The van der Waals surface area contributed by atoms with Gasteiger partial charge < -0.3 is 4.74 Å². The van der Waals surface area contributed by atoms with E-state index in [9.17, 15) is 4.39 Å². The van der Waals surface area contributed by atoms with Crippen LogP contribution in [0, 0.1) is 28.5 Å². The molecular formula is C14H7FN2O. The van der Waals surface area contributed by atoms with Gasteiger partial charge in [0, 0.05) is 0 Å². The fraction of sp³-hybridized carbons (Fsp3) is 0. The molecule has 86 valence electrons. The number of hydrogen-bond acceptors (Lipinski definition) is 3. The van der Waals surface area contributed by atoms with E-state index in [0.29, 0.717) is 5.75 Å². The van der Waals surface area contributed by atoms with E-state index in [2.05, 4.69) is 0 Å². The van der Waals surface area contributed by atoms with Crippen LogP contribution in [0.4, 0.5) is 4.39 Å². The number of hydrogen-bond donors (Lipinski definition) is 0. The molecule has 0 amide bonds. The summed E-state index contributed by atoms with van der Waals surface area (Å²) < 4.78 is 18.2. The van der Waals surface area contributed by atoms with Gasteiger partial charge in [0.2, 0.25) is 0 Å². The average molecular weight is 238 g/mol. The summed E-state index contributed by atoms with van der Waals surface area (Å²) in [4.78, 5) is 0. The van der Waals surface area contributed by atoms with Crippen LogP contribution in [0.1, 0.15) is 11.1 Å². The molecule has 0 spiro atoms. The third-order valence-corrected chi connectivity index (χ3v) is 2.30. The highest BCUT2D eigenvalue weighted by molar-refractivity contribution is 5.54. The molecule has 18 heavy (non-hydrogen) atoms. The Hall–Kier alpha value is -2.85. The first-order valence-electron chi connectivity index (χ1n) is 5.11. The van der Waals surface area contributed by atoms with Gasteiger partial charge in [-0.15, -0.1) is 0 Å². The molecule has 4 heteroatoms. The summed E-state index contributed by atoms with van der Waals surface area (Å²) >= 11 is 0. The Morgan fingerprint density at radius 3 is 2.28 bits per heavy atom. The van der Waals surface area contributed by atoms with E-state index in [0.717, 1.165) is 0 Å². The van der Waals surface area contributed by atoms with Crippen LogP contribution >= 0.6 is 0 Å². The van der Waals surface area contributed by atoms with Crippen molar-refractivity contribution in [3.63, 3.8) is 0 Å². The predicted molar refractivity (Wildman–Crippen MR) is 62.3 cm³/mol. The standard InChI is InChI=1S/C14H7FN2O/c15-11-4-6-12(7-5-11)18-14-3-1-2-10(8-16)13(14)9-17/h1-7H. The van der Waals surface area contributed by atoms with Crippen LogP contribution in [0.15, 0.2) is 42.5 Å². The van der Waals surface area contributed by atoms with Crippen molar-refractivity contribution in [1.82, 2.24) is 0 Å². The molecule has 0 aliphatic carbocycles. The zero-order chi connectivity index (χ0) is 13.0. The van der Waals surface area contributed by atoms with Gasteiger partial charge in [-0.3, -0.25) is 0 Å². The molecular weight excluding hydrogens is 231 g/mol. The maximum absolute atomic E-state index is 12.7. The Kier molecular flexibility index (Phi) is 3.22. The second kappa shape index (κ2) is 4.99. The molecule has 0 heterocycles. The second-order valence-electron chi connectivity index (χ2n) is 3.46. The van der Waals surface area contributed by atoms with Crippen molar-refractivity contribution in [2.45, 2.75) is 0 Å². The highest BCUT2D eigenvalue weighted by Crippen LogP contribution is 2.26. The lowest BCUT2D eigenvalue weighted by Crippen LogP contribution is -1.91. The van der Waals surface area contributed by atoms with Crippen LogP contribution < -0.4 is 4.74 Å². The van der Waals surface area contributed by atoms with Crippen LogP contribution in [0.2, 0.25) is 0 Å². The van der Waals surface area contributed by atoms with Gasteiger partial charge in [-0.25, -0.2) is 4.39 Å². The first-order valence-corrected chi connectivity index (χ1v) is 5.11. The fourth-order valence-corrected chi connectivity index (χ4v) is 1.45. The lowest BCUT2D eigenvalue weighted by molar-refractivity contribution is 0.479. The van der Waals surface area contributed by atoms with Gasteiger partial charge in [0.15, 0.2) is 0 Å². The molecule has 2 rings (SSSR count). The van der Waals surface area contributed by atoms with E-state index >= 15 is 0 Å². The molecule has 0 aliphatic rings. The first-order chi connectivity index (χ1) is 8.74. The van der Waals surface area contributed by atoms with Crippen molar-refractivity contribution in [3.8, 4) is 23.6 Å². The Labute approximate surface area is 103 Å². The predicted octanol–water partition coefficient (Wildman–Crippen LogP) is 3.36. The van der Waals surface area contributed by atoms with Crippen LogP contribution in [0.25, 0.3) is 0 Å². The number of halogens is 1. The van der Waals surface area contributed by atoms with Crippen LogP contribution in [-0.2, 0) is 0 Å². The number of ether oxygens (including phenoxy) is 1. The molecule has 3 nitrogen and oxygen atoms in total. The smallest absolute Gasteiger partial charge is 0.146 e. The Bertz CT molecular complexity index is 651. The highest BCUT2D eigenvalue weighted by atomic mass is 19.1. The molecule has 0 radical (unpaired) electrons. The quantitative estimate of drug-likeness (QED) is 0.805. The molecule has 0 saturated heterocycles. The maximum atomic E-state index is 12.7. The zero-order valence-electron chi connectivity index (χ0n) is 9.22. The molecule has 0 bridgehead atoms. The minimum absolute atomic E-state index is 0.171. The zero-order valence-corrected chi connectivity index (χ0v) is 9.22. The molecule has 0 aliphatic heterocycles. The van der Waals surface area contributed by atoms with Crippen molar-refractivity contribution in [2.75, 3.05) is 0 Å². The van der Waals surface area contributed by atoms with Crippen molar-refractivity contribution < 1.29 is 9.13 Å². The number of nitriles is 2. The van der Waals surface area contributed by atoms with Crippen molar-refractivity contribution in [2.24, 2.45) is 0 Å². The highest BCUT2D eigenvalue weighted by Gasteiger charge is 2.09. The normalized spacial score (nSPS) is 9.28. The Morgan fingerprint density at radius 1 is 0.944 bits per heavy atom. The number of benzene rings is 2. The lowest BCUT2D eigenvalue weighted by Gasteiger charge is -2.07. The molecule has 0 fully saturated rings. The van der Waals surface area contributed by atoms with E-state index in [4.69, 9.17) is 15.3 Å². The summed E-state index contributed by atoms with van der Waals surface area (Å²) in [6.45, 7) is 0. The van der Waals surface area contributed by atoms with Gasteiger partial charge in [0.25, 0.3) is 0 Å². The molecule has 0 N–H and O–H groups in total. The molecule has 2 aromatic carbocycles. The van der Waals surface area contributed by atoms with Crippen LogP contribution in [-0.4, -0.2) is 0 Å². The van der Waals surface area contributed by atoms with Gasteiger partial charge in [0.05, 0.1) is 5.56 Å². The van der Waals surface area contributed by atoms with Gasteiger partial charge in [-0.1, -0.05) is 6.07 Å². The first kappa shape index (κ1) is 11.6. The maximum Gasteiger partial charge on any atom is 0.146 e. The SMILES string of the molecule is N#Cc1cccc(Oc2ccc(F)cc2)c1C#N. The summed E-state index contributed by atoms with van der Waals surface area (Å²) in [5.74, 6) is 0.319. The van der Waals surface area contributed by atoms with Gasteiger partial charge in [0.1, 0.15) is 35.0 Å². The van der Waals surface area contributed by atoms with Crippen molar-refractivity contribution in [1.29, 1.82) is 10.5 Å². The third-order valence-electron chi connectivity index (χ3n) is 2.30. The Morgan fingerprint density at radius 2 is 1.67 bits per heavy atom. The van der Waals surface area contributed by atoms with Crippen molar-refractivity contribution in [3.05, 3.63) is 59.4 Å². The van der Waals surface area contributed by atoms with E-state index in [1.165, 1.54) is 30.3 Å². The summed E-state index contributed by atoms with van der Waals surface area (Å²) in [5.41, 5.74) is 0.418. The van der Waals surface area contributed by atoms with E-state index in [-0.39, 0.29) is 22.7 Å². The largest absolute Gasteiger partial charge is 0.456 e. The molecule has 0 saturated carbocycles. The van der Waals surface area contributed by atoms with Crippen LogP contribution in [0.3, 0.4) is 0 Å². The number of rotatable bonds is 2. The van der Waals surface area contributed by atoms with Gasteiger partial charge >= 0.3 is 0 Å². The minimum Gasteiger partial charge on any atom is -0.456 e. The molecule has 0 atom stereocenters. The van der Waals surface area contributed by atoms with Crippen LogP contribution in [0.5, 0.6) is 11.5 Å². The summed E-state index contributed by atoms with van der Waals surface area (Å²) in [5, 5.41) is 17.9. The monoisotopic (exact) mass is 238 g/mol. The second-order valence-corrected chi connectivity index (χ2v) is 3.46.